The molecular formula is C20H13IO2S. The van der Waals surface area contributed by atoms with Gasteiger partial charge in [-0.15, -0.1) is 11.3 Å². The molecule has 0 bridgehead atoms. The zero-order valence-corrected chi connectivity index (χ0v) is 15.6. The first-order chi connectivity index (χ1) is 11.7. The average molecular weight is 444 g/mol. The Morgan fingerprint density at radius 1 is 0.958 bits per heavy atom. The maximum absolute atomic E-state index is 12.6. The number of benzene rings is 3. The number of rotatable bonds is 3. The van der Waals surface area contributed by atoms with Gasteiger partial charge in [0.15, 0.2) is 0 Å². The maximum Gasteiger partial charge on any atom is 0.339 e. The van der Waals surface area contributed by atoms with Gasteiger partial charge in [0.2, 0.25) is 0 Å². The zero-order chi connectivity index (χ0) is 16.5. The lowest BCUT2D eigenvalue weighted by atomic mass is 10.1. The minimum atomic E-state index is -0.272. The summed E-state index contributed by atoms with van der Waals surface area (Å²) in [5.41, 5.74) is 1.63. The summed E-state index contributed by atoms with van der Waals surface area (Å²) in [5, 5.41) is 2.31. The normalized spacial score (nSPS) is 11.0. The van der Waals surface area contributed by atoms with E-state index in [-0.39, 0.29) is 5.97 Å². The van der Waals surface area contributed by atoms with Crippen LogP contribution < -0.4 is 0 Å². The molecule has 1 aromatic heterocycles. The van der Waals surface area contributed by atoms with Crippen molar-refractivity contribution in [2.24, 2.45) is 0 Å². The van der Waals surface area contributed by atoms with Crippen molar-refractivity contribution in [1.82, 2.24) is 0 Å². The van der Waals surface area contributed by atoms with Crippen LogP contribution in [0.3, 0.4) is 0 Å². The van der Waals surface area contributed by atoms with E-state index >= 15 is 0 Å². The summed E-state index contributed by atoms with van der Waals surface area (Å²) in [6.45, 7) is 0.291. The molecule has 0 amide bonds. The number of hydrogen-bond acceptors (Lipinski definition) is 3. The van der Waals surface area contributed by atoms with Crippen molar-refractivity contribution in [2.45, 2.75) is 6.61 Å². The molecule has 0 N–H and O–H groups in total. The van der Waals surface area contributed by atoms with E-state index < -0.39 is 0 Å². The van der Waals surface area contributed by atoms with Crippen molar-refractivity contribution in [3.8, 4) is 0 Å². The van der Waals surface area contributed by atoms with Gasteiger partial charge in [-0.05, 0) is 52.4 Å². The van der Waals surface area contributed by atoms with E-state index in [1.165, 1.54) is 13.7 Å². The third-order valence-electron chi connectivity index (χ3n) is 3.89. The minimum absolute atomic E-state index is 0.272. The summed E-state index contributed by atoms with van der Waals surface area (Å²) < 4.78 is 8.88. The van der Waals surface area contributed by atoms with Gasteiger partial charge in [0.25, 0.3) is 0 Å². The van der Waals surface area contributed by atoms with Gasteiger partial charge >= 0.3 is 5.97 Å². The summed E-state index contributed by atoms with van der Waals surface area (Å²) in [4.78, 5) is 12.6. The van der Waals surface area contributed by atoms with Crippen molar-refractivity contribution >= 4 is 60.1 Å². The number of fused-ring (bicyclic) bond motifs is 3. The number of carbonyl (C=O) groups is 1. The van der Waals surface area contributed by atoms with Gasteiger partial charge in [0.1, 0.15) is 6.61 Å². The smallest absolute Gasteiger partial charge is 0.339 e. The molecular weight excluding hydrogens is 431 g/mol. The van der Waals surface area contributed by atoms with Crippen molar-refractivity contribution in [1.29, 1.82) is 0 Å². The predicted octanol–water partition coefficient (Wildman–Crippen LogP) is 6.02. The first-order valence-corrected chi connectivity index (χ1v) is 9.44. The van der Waals surface area contributed by atoms with Crippen LogP contribution in [0.25, 0.3) is 20.2 Å². The molecule has 2 nitrogen and oxygen atoms in total. The van der Waals surface area contributed by atoms with Crippen LogP contribution in [0, 0.1) is 3.57 Å². The molecule has 0 spiro atoms. The Labute approximate surface area is 157 Å². The molecule has 0 atom stereocenters. The Morgan fingerprint density at radius 3 is 2.62 bits per heavy atom. The Kier molecular flexibility index (Phi) is 4.24. The van der Waals surface area contributed by atoms with Crippen LogP contribution in [-0.4, -0.2) is 5.97 Å². The van der Waals surface area contributed by atoms with Crippen molar-refractivity contribution < 1.29 is 9.53 Å². The number of halogens is 1. The van der Waals surface area contributed by atoms with E-state index in [0.29, 0.717) is 12.2 Å². The number of hydrogen-bond donors (Lipinski definition) is 0. The SMILES string of the molecule is O=C(OCc1ccccc1)c1cccc2c1sc1ccc(I)cc12. The molecule has 1 heterocycles. The lowest BCUT2D eigenvalue weighted by Crippen LogP contribution is -2.05. The summed E-state index contributed by atoms with van der Waals surface area (Å²) in [6.07, 6.45) is 0. The summed E-state index contributed by atoms with van der Waals surface area (Å²) in [5.74, 6) is -0.272. The third kappa shape index (κ3) is 2.91. The lowest BCUT2D eigenvalue weighted by Gasteiger charge is -2.05. The van der Waals surface area contributed by atoms with E-state index in [2.05, 4.69) is 46.9 Å². The highest BCUT2D eigenvalue weighted by Gasteiger charge is 2.15. The molecule has 0 aliphatic rings. The molecule has 118 valence electrons. The van der Waals surface area contributed by atoms with E-state index in [1.807, 2.05) is 42.5 Å². The van der Waals surface area contributed by atoms with Crippen LogP contribution in [0.2, 0.25) is 0 Å². The van der Waals surface area contributed by atoms with E-state index in [9.17, 15) is 4.79 Å². The molecule has 4 aromatic rings. The first-order valence-electron chi connectivity index (χ1n) is 7.54. The largest absolute Gasteiger partial charge is 0.457 e. The van der Waals surface area contributed by atoms with E-state index in [0.717, 1.165) is 15.6 Å². The fourth-order valence-electron chi connectivity index (χ4n) is 2.73. The molecule has 24 heavy (non-hydrogen) atoms. The Bertz CT molecular complexity index is 1040. The van der Waals surface area contributed by atoms with Gasteiger partial charge in [0.05, 0.1) is 10.3 Å². The van der Waals surface area contributed by atoms with Crippen LogP contribution in [0.4, 0.5) is 0 Å². The van der Waals surface area contributed by atoms with Crippen molar-refractivity contribution in [3.63, 3.8) is 0 Å². The predicted molar refractivity (Wildman–Crippen MR) is 108 cm³/mol. The monoisotopic (exact) mass is 444 g/mol. The van der Waals surface area contributed by atoms with Crippen LogP contribution in [-0.2, 0) is 11.3 Å². The van der Waals surface area contributed by atoms with E-state index in [1.54, 1.807) is 11.3 Å². The average Bonchev–Trinajstić information content (AvgIpc) is 2.98. The highest BCUT2D eigenvalue weighted by molar-refractivity contribution is 14.1. The number of ether oxygens (including phenoxy) is 1. The highest BCUT2D eigenvalue weighted by atomic mass is 127. The second kappa shape index (κ2) is 6.53. The summed E-state index contributed by atoms with van der Waals surface area (Å²) in [6, 6.07) is 21.9. The van der Waals surface area contributed by atoms with Gasteiger partial charge in [-0.3, -0.25) is 0 Å². The van der Waals surface area contributed by atoms with Gasteiger partial charge in [-0.25, -0.2) is 4.79 Å². The maximum atomic E-state index is 12.6. The second-order valence-corrected chi connectivity index (χ2v) is 7.78. The molecule has 0 radical (unpaired) electrons. The zero-order valence-electron chi connectivity index (χ0n) is 12.7. The van der Waals surface area contributed by atoms with Gasteiger partial charge in [0, 0.05) is 19.0 Å². The minimum Gasteiger partial charge on any atom is -0.457 e. The van der Waals surface area contributed by atoms with Crippen molar-refractivity contribution in [2.75, 3.05) is 0 Å². The van der Waals surface area contributed by atoms with Gasteiger partial charge in [-0.1, -0.05) is 42.5 Å². The van der Waals surface area contributed by atoms with Crippen LogP contribution in [0.15, 0.2) is 66.7 Å². The molecule has 0 saturated heterocycles. The Balaban J connectivity index is 1.71. The lowest BCUT2D eigenvalue weighted by molar-refractivity contribution is 0.0475. The fraction of sp³-hybridized carbons (Fsp3) is 0.0500. The first kappa shape index (κ1) is 15.6. The number of thiophene rings is 1. The fourth-order valence-corrected chi connectivity index (χ4v) is 4.41. The number of esters is 1. The summed E-state index contributed by atoms with van der Waals surface area (Å²) >= 11 is 3.96. The summed E-state index contributed by atoms with van der Waals surface area (Å²) in [7, 11) is 0. The van der Waals surface area contributed by atoms with Crippen LogP contribution >= 0.6 is 33.9 Å². The van der Waals surface area contributed by atoms with Gasteiger partial charge in [-0.2, -0.15) is 0 Å². The molecule has 0 saturated carbocycles. The Morgan fingerprint density at radius 2 is 1.79 bits per heavy atom. The quantitative estimate of drug-likeness (QED) is 0.286. The van der Waals surface area contributed by atoms with E-state index in [4.69, 9.17) is 4.74 Å². The molecule has 0 fully saturated rings. The topological polar surface area (TPSA) is 26.3 Å². The molecule has 0 unspecified atom stereocenters. The van der Waals surface area contributed by atoms with Gasteiger partial charge < -0.3 is 4.74 Å². The van der Waals surface area contributed by atoms with Crippen LogP contribution in [0.1, 0.15) is 15.9 Å². The molecule has 0 aliphatic heterocycles. The Hall–Kier alpha value is -1.92. The highest BCUT2D eigenvalue weighted by Crippen LogP contribution is 2.36. The third-order valence-corrected chi connectivity index (χ3v) is 5.78. The van der Waals surface area contributed by atoms with Crippen LogP contribution in [0.5, 0.6) is 0 Å². The number of carbonyl (C=O) groups excluding carboxylic acids is 1. The van der Waals surface area contributed by atoms with Crippen molar-refractivity contribution in [3.05, 3.63) is 81.4 Å². The molecule has 0 aliphatic carbocycles. The molecule has 3 aromatic carbocycles. The standard InChI is InChI=1S/C20H13IO2S/c21-14-9-10-18-17(11-14)15-7-4-8-16(19(15)24-18)20(22)23-12-13-5-2-1-3-6-13/h1-11H,12H2. The molecule has 4 rings (SSSR count). The second-order valence-electron chi connectivity index (χ2n) is 5.49. The molecule has 4 heteroatoms.